The van der Waals surface area contributed by atoms with Crippen molar-refractivity contribution in [2.75, 3.05) is 0 Å². The molecule has 0 bridgehead atoms. The zero-order valence-electron chi connectivity index (χ0n) is 14.7. The molecule has 2 aromatic heterocycles. The molecule has 6 nitrogen and oxygen atoms in total. The highest BCUT2D eigenvalue weighted by Gasteiger charge is 2.19. The van der Waals surface area contributed by atoms with E-state index in [0.717, 1.165) is 15.7 Å². The Bertz CT molecular complexity index is 1180. The lowest BCUT2D eigenvalue weighted by Crippen LogP contribution is -2.46. The van der Waals surface area contributed by atoms with Gasteiger partial charge in [-0.1, -0.05) is 48.8 Å². The zero-order chi connectivity index (χ0) is 18.9. The maximum absolute atomic E-state index is 12.4. The number of rotatable bonds is 2. The molecule has 0 aliphatic rings. The quantitative estimate of drug-likeness (QED) is 0.592. The van der Waals surface area contributed by atoms with Crippen LogP contribution in [-0.4, -0.2) is 19.9 Å². The monoisotopic (exact) mass is 414 g/mol. The van der Waals surface area contributed by atoms with E-state index in [1.807, 2.05) is 45.0 Å². The van der Waals surface area contributed by atoms with Gasteiger partial charge in [0.2, 0.25) is 0 Å². The van der Waals surface area contributed by atoms with Gasteiger partial charge in [0.1, 0.15) is 10.7 Å². The number of imidazole rings is 1. The first-order chi connectivity index (χ1) is 12.2. The zero-order valence-corrected chi connectivity index (χ0v) is 16.3. The normalized spacial score (nSPS) is 13.4. The van der Waals surface area contributed by atoms with Crippen LogP contribution in [0.3, 0.4) is 0 Å². The second kappa shape index (κ2) is 6.92. The molecular formula is C19H19BrN4O2. The van der Waals surface area contributed by atoms with Gasteiger partial charge in [-0.3, -0.25) is 9.59 Å². The first-order valence-corrected chi connectivity index (χ1v) is 8.89. The summed E-state index contributed by atoms with van der Waals surface area (Å²) < 4.78 is 0.892. The molecule has 0 saturated heterocycles. The molecule has 0 spiro atoms. The first kappa shape index (κ1) is 18.1. The number of hydrogen-bond donors (Lipinski definition) is 3. The lowest BCUT2D eigenvalue weighted by Gasteiger charge is -2.16. The largest absolute Gasteiger partial charge is 0.348 e. The first-order valence-electron chi connectivity index (χ1n) is 8.09. The van der Waals surface area contributed by atoms with Gasteiger partial charge >= 0.3 is 0 Å². The predicted molar refractivity (Wildman–Crippen MR) is 105 cm³/mol. The van der Waals surface area contributed by atoms with Crippen LogP contribution in [0.15, 0.2) is 44.7 Å². The van der Waals surface area contributed by atoms with E-state index >= 15 is 0 Å². The van der Waals surface area contributed by atoms with Crippen LogP contribution < -0.4 is 21.8 Å². The number of nitrogens with zero attached hydrogens (tertiary/aromatic N) is 1. The molecule has 0 unspecified atom stereocenters. The van der Waals surface area contributed by atoms with Crippen LogP contribution in [-0.2, 0) is 5.41 Å². The Morgan fingerprint density at radius 1 is 1.04 bits per heavy atom. The van der Waals surface area contributed by atoms with Gasteiger partial charge in [-0.15, -0.1) is 0 Å². The third-order valence-electron chi connectivity index (χ3n) is 3.85. The minimum atomic E-state index is -0.381. The molecular weight excluding hydrogens is 396 g/mol. The van der Waals surface area contributed by atoms with Crippen molar-refractivity contribution in [2.45, 2.75) is 26.2 Å². The summed E-state index contributed by atoms with van der Waals surface area (Å²) in [4.78, 5) is 37.4. The van der Waals surface area contributed by atoms with E-state index in [1.165, 1.54) is 0 Å². The van der Waals surface area contributed by atoms with Crippen LogP contribution in [0.25, 0.3) is 12.2 Å². The van der Waals surface area contributed by atoms with Gasteiger partial charge in [0.05, 0.1) is 12.0 Å². The predicted octanol–water partition coefficient (Wildman–Crippen LogP) is 1.50. The van der Waals surface area contributed by atoms with Gasteiger partial charge in [0.15, 0.2) is 0 Å². The number of hydrogen-bond acceptors (Lipinski definition) is 3. The summed E-state index contributed by atoms with van der Waals surface area (Å²) in [5.41, 5.74) is 1.41. The Hall–Kier alpha value is -2.67. The third-order valence-corrected chi connectivity index (χ3v) is 4.34. The van der Waals surface area contributed by atoms with Crippen molar-refractivity contribution in [3.05, 3.63) is 83.4 Å². The summed E-state index contributed by atoms with van der Waals surface area (Å²) in [7, 11) is 0. The van der Waals surface area contributed by atoms with Crippen molar-refractivity contribution in [3.63, 3.8) is 0 Å². The molecule has 7 heteroatoms. The molecule has 0 amide bonds. The Kier molecular flexibility index (Phi) is 4.82. The number of benzene rings is 1. The fourth-order valence-electron chi connectivity index (χ4n) is 2.61. The second-order valence-corrected chi connectivity index (χ2v) is 7.91. The molecule has 1 aromatic carbocycles. The molecule has 26 heavy (non-hydrogen) atoms. The maximum Gasteiger partial charge on any atom is 0.272 e. The highest BCUT2D eigenvalue weighted by molar-refractivity contribution is 9.10. The summed E-state index contributed by atoms with van der Waals surface area (Å²) >= 11 is 3.38. The summed E-state index contributed by atoms with van der Waals surface area (Å²) in [6.45, 7) is 6.13. The average Bonchev–Trinajstić information content (AvgIpc) is 3.01. The minimum Gasteiger partial charge on any atom is -0.348 e. The van der Waals surface area contributed by atoms with Crippen LogP contribution in [0, 0.1) is 0 Å². The maximum atomic E-state index is 12.4. The molecule has 0 atom stereocenters. The lowest BCUT2D eigenvalue weighted by atomic mass is 9.90. The Morgan fingerprint density at radius 3 is 2.31 bits per heavy atom. The number of aromatic nitrogens is 4. The molecule has 2 heterocycles. The van der Waals surface area contributed by atoms with Crippen LogP contribution in [0.4, 0.5) is 0 Å². The summed E-state index contributed by atoms with van der Waals surface area (Å²) in [5.74, 6) is 0. The summed E-state index contributed by atoms with van der Waals surface area (Å²) in [5, 5.41) is 0.363. The van der Waals surface area contributed by atoms with Gasteiger partial charge in [-0.25, -0.2) is 4.98 Å². The smallest absolute Gasteiger partial charge is 0.272 e. The Balaban J connectivity index is 2.14. The van der Waals surface area contributed by atoms with Crippen LogP contribution in [0.5, 0.6) is 0 Å². The standard InChI is InChI=1S/C19H19BrN4O2/c1-19(2,3)16-13(21-10-22-16)9-15-18(26)23-14(17(25)24-15)8-11-5-4-6-12(20)7-11/h4-10H,1-3H3,(H,21,22)(H,23,26)(H,24,25)/b14-8+,15-9+. The van der Waals surface area contributed by atoms with Gasteiger partial charge < -0.3 is 15.0 Å². The van der Waals surface area contributed by atoms with E-state index in [2.05, 4.69) is 35.9 Å². The number of nitrogens with one attached hydrogen (secondary N) is 3. The number of H-pyrrole nitrogens is 3. The molecule has 3 N–H and O–H groups in total. The molecule has 3 aromatic rings. The molecule has 0 radical (unpaired) electrons. The van der Waals surface area contributed by atoms with Crippen LogP contribution >= 0.6 is 15.9 Å². The minimum absolute atomic E-state index is 0.163. The second-order valence-electron chi connectivity index (χ2n) is 6.99. The fraction of sp³-hybridized carbons (Fsp3) is 0.211. The Labute approximate surface area is 157 Å². The summed E-state index contributed by atoms with van der Waals surface area (Å²) in [6, 6.07) is 7.45. The molecule has 0 saturated carbocycles. The third kappa shape index (κ3) is 3.94. The van der Waals surface area contributed by atoms with E-state index in [4.69, 9.17) is 0 Å². The fourth-order valence-corrected chi connectivity index (χ4v) is 3.03. The highest BCUT2D eigenvalue weighted by atomic mass is 79.9. The summed E-state index contributed by atoms with van der Waals surface area (Å²) in [6.07, 6.45) is 4.79. The van der Waals surface area contributed by atoms with Crippen molar-refractivity contribution < 1.29 is 0 Å². The number of halogens is 1. The van der Waals surface area contributed by atoms with Crippen molar-refractivity contribution in [3.8, 4) is 0 Å². The van der Waals surface area contributed by atoms with Gasteiger partial charge in [0.25, 0.3) is 11.1 Å². The molecule has 0 fully saturated rings. The average molecular weight is 415 g/mol. The lowest BCUT2D eigenvalue weighted by molar-refractivity contribution is 0.571. The van der Waals surface area contributed by atoms with Crippen LogP contribution in [0.1, 0.15) is 37.7 Å². The van der Waals surface area contributed by atoms with E-state index in [9.17, 15) is 9.59 Å². The van der Waals surface area contributed by atoms with E-state index in [0.29, 0.717) is 5.69 Å². The number of aromatic amines is 3. The molecule has 3 rings (SSSR count). The van der Waals surface area contributed by atoms with Crippen LogP contribution in [0.2, 0.25) is 0 Å². The van der Waals surface area contributed by atoms with Gasteiger partial charge in [-0.2, -0.15) is 0 Å². The molecule has 134 valence electrons. The van der Waals surface area contributed by atoms with Gasteiger partial charge in [0, 0.05) is 15.6 Å². The van der Waals surface area contributed by atoms with Gasteiger partial charge in [-0.05, 0) is 29.8 Å². The topological polar surface area (TPSA) is 94.4 Å². The highest BCUT2D eigenvalue weighted by Crippen LogP contribution is 2.22. The van der Waals surface area contributed by atoms with Crippen molar-refractivity contribution in [2.24, 2.45) is 0 Å². The van der Waals surface area contributed by atoms with Crippen molar-refractivity contribution in [1.29, 1.82) is 0 Å². The van der Waals surface area contributed by atoms with E-state index in [1.54, 1.807) is 18.5 Å². The molecule has 0 aliphatic carbocycles. The van der Waals surface area contributed by atoms with E-state index in [-0.39, 0.29) is 27.2 Å². The van der Waals surface area contributed by atoms with E-state index < -0.39 is 0 Å². The Morgan fingerprint density at radius 2 is 1.69 bits per heavy atom. The van der Waals surface area contributed by atoms with Crippen molar-refractivity contribution >= 4 is 28.1 Å². The molecule has 0 aliphatic heterocycles. The van der Waals surface area contributed by atoms with Crippen molar-refractivity contribution in [1.82, 2.24) is 19.9 Å². The SMILES string of the molecule is CC(C)(C)c1[nH]cnc1/C=c1/[nH]c(=O)/c(=C\c2cccc(Br)c2)[nH]c1=O.